The maximum absolute atomic E-state index is 12.3. The summed E-state index contributed by atoms with van der Waals surface area (Å²) in [5.74, 6) is 2.32. The van der Waals surface area contributed by atoms with E-state index in [1.807, 2.05) is 13.0 Å². The number of carbonyl (C=O) groups is 1. The Balaban J connectivity index is 2.69. The van der Waals surface area contributed by atoms with Crippen LogP contribution in [0.2, 0.25) is 0 Å². The zero-order valence-electron chi connectivity index (χ0n) is 15.8. The van der Waals surface area contributed by atoms with Crippen LogP contribution in [0.15, 0.2) is 12.1 Å². The van der Waals surface area contributed by atoms with E-state index in [9.17, 15) is 4.79 Å². The van der Waals surface area contributed by atoms with Crippen molar-refractivity contribution < 1.29 is 19.0 Å². The Morgan fingerprint density at radius 3 is 2.21 bits per heavy atom. The van der Waals surface area contributed by atoms with Crippen LogP contribution in [0, 0.1) is 5.92 Å². The quantitative estimate of drug-likeness (QED) is 0.709. The second-order valence-electron chi connectivity index (χ2n) is 6.46. The summed E-state index contributed by atoms with van der Waals surface area (Å²) in [5, 5.41) is 3.05. The number of rotatable bonds is 10. The van der Waals surface area contributed by atoms with E-state index in [0.717, 1.165) is 18.4 Å². The molecule has 0 radical (unpaired) electrons. The number of hydrogen-bond donors (Lipinski definition) is 1. The molecule has 0 fully saturated rings. The van der Waals surface area contributed by atoms with Crippen LogP contribution in [0.3, 0.4) is 0 Å². The van der Waals surface area contributed by atoms with Crippen LogP contribution in [0.4, 0.5) is 0 Å². The van der Waals surface area contributed by atoms with Gasteiger partial charge in [0.2, 0.25) is 11.7 Å². The van der Waals surface area contributed by atoms with Crippen LogP contribution in [-0.4, -0.2) is 33.3 Å². The molecular formula is C19H31NO4. The van der Waals surface area contributed by atoms with Crippen LogP contribution in [0.25, 0.3) is 0 Å². The molecule has 0 aliphatic rings. The lowest BCUT2D eigenvalue weighted by atomic mass is 10.0. The average Bonchev–Trinajstić information content (AvgIpc) is 2.53. The third-order valence-electron chi connectivity index (χ3n) is 3.96. The highest BCUT2D eigenvalue weighted by Crippen LogP contribution is 2.39. The van der Waals surface area contributed by atoms with Crippen LogP contribution < -0.4 is 19.5 Å². The number of methoxy groups -OCH3 is 3. The highest BCUT2D eigenvalue weighted by atomic mass is 16.5. The molecule has 5 nitrogen and oxygen atoms in total. The van der Waals surface area contributed by atoms with Crippen molar-refractivity contribution in [2.24, 2.45) is 5.92 Å². The maximum Gasteiger partial charge on any atom is 0.224 e. The topological polar surface area (TPSA) is 56.8 Å². The summed E-state index contributed by atoms with van der Waals surface area (Å²) in [7, 11) is 4.69. The summed E-state index contributed by atoms with van der Waals surface area (Å²) in [6.07, 6.45) is 3.55. The van der Waals surface area contributed by atoms with Gasteiger partial charge in [-0.2, -0.15) is 0 Å². The van der Waals surface area contributed by atoms with Crippen molar-refractivity contribution in [1.29, 1.82) is 0 Å². The zero-order valence-corrected chi connectivity index (χ0v) is 15.8. The zero-order chi connectivity index (χ0) is 18.1. The lowest BCUT2D eigenvalue weighted by Crippen LogP contribution is -2.33. The molecule has 0 aliphatic heterocycles. The normalized spacial score (nSPS) is 12.0. The van der Waals surface area contributed by atoms with Crippen molar-refractivity contribution in [2.45, 2.75) is 52.5 Å². The van der Waals surface area contributed by atoms with E-state index in [-0.39, 0.29) is 18.4 Å². The third-order valence-corrected chi connectivity index (χ3v) is 3.96. The van der Waals surface area contributed by atoms with Crippen LogP contribution >= 0.6 is 0 Å². The molecule has 0 saturated carbocycles. The Morgan fingerprint density at radius 2 is 1.67 bits per heavy atom. The Labute approximate surface area is 145 Å². The monoisotopic (exact) mass is 337 g/mol. The summed E-state index contributed by atoms with van der Waals surface area (Å²) in [6, 6.07) is 3.79. The van der Waals surface area contributed by atoms with Gasteiger partial charge in [0.05, 0.1) is 27.8 Å². The highest BCUT2D eigenvalue weighted by molar-refractivity contribution is 5.80. The van der Waals surface area contributed by atoms with Gasteiger partial charge in [0.25, 0.3) is 0 Å². The Hall–Kier alpha value is -1.91. The molecule has 0 bridgehead atoms. The second-order valence-corrected chi connectivity index (χ2v) is 6.46. The van der Waals surface area contributed by atoms with Crippen molar-refractivity contribution in [2.75, 3.05) is 21.3 Å². The summed E-state index contributed by atoms with van der Waals surface area (Å²) in [6.45, 7) is 6.48. The predicted molar refractivity (Wildman–Crippen MR) is 96.1 cm³/mol. The lowest BCUT2D eigenvalue weighted by molar-refractivity contribution is -0.121. The molecule has 1 aromatic rings. The first kappa shape index (κ1) is 20.1. The fraction of sp³-hybridized carbons (Fsp3) is 0.632. The number of nitrogens with one attached hydrogen (secondary N) is 1. The molecule has 1 rings (SSSR count). The molecule has 1 amide bonds. The summed E-state index contributed by atoms with van der Waals surface area (Å²) < 4.78 is 16.0. The van der Waals surface area contributed by atoms with Crippen molar-refractivity contribution in [3.05, 3.63) is 17.7 Å². The van der Waals surface area contributed by atoms with Crippen LogP contribution in [-0.2, 0) is 11.2 Å². The van der Waals surface area contributed by atoms with Crippen molar-refractivity contribution in [1.82, 2.24) is 5.32 Å². The first-order chi connectivity index (χ1) is 11.4. The minimum atomic E-state index is -0.0161. The molecule has 24 heavy (non-hydrogen) atoms. The second kappa shape index (κ2) is 10.1. The van der Waals surface area contributed by atoms with E-state index >= 15 is 0 Å². The number of ether oxygens (including phenoxy) is 3. The van der Waals surface area contributed by atoms with E-state index in [1.54, 1.807) is 27.4 Å². The number of benzene rings is 1. The van der Waals surface area contributed by atoms with Gasteiger partial charge in [-0.1, -0.05) is 32.8 Å². The molecule has 1 atom stereocenters. The Morgan fingerprint density at radius 1 is 1.00 bits per heavy atom. The minimum absolute atomic E-state index is 0.0161. The Bertz CT molecular complexity index is 528. The smallest absolute Gasteiger partial charge is 0.224 e. The number of amides is 1. The fourth-order valence-corrected chi connectivity index (χ4v) is 2.71. The van der Waals surface area contributed by atoms with Gasteiger partial charge < -0.3 is 19.5 Å². The third kappa shape index (κ3) is 5.95. The van der Waals surface area contributed by atoms with Gasteiger partial charge in [-0.25, -0.2) is 0 Å². The Kier molecular flexibility index (Phi) is 8.44. The summed E-state index contributed by atoms with van der Waals surface area (Å²) in [4.78, 5) is 12.3. The molecular weight excluding hydrogens is 306 g/mol. The molecule has 136 valence electrons. The molecule has 1 unspecified atom stereocenters. The van der Waals surface area contributed by atoms with Gasteiger partial charge in [-0.3, -0.25) is 4.79 Å². The van der Waals surface area contributed by atoms with Gasteiger partial charge in [-0.15, -0.1) is 0 Å². The minimum Gasteiger partial charge on any atom is -0.493 e. The molecule has 5 heteroatoms. The molecule has 0 heterocycles. The van der Waals surface area contributed by atoms with E-state index in [0.29, 0.717) is 23.2 Å². The van der Waals surface area contributed by atoms with Crippen molar-refractivity contribution >= 4 is 5.91 Å². The molecule has 0 spiro atoms. The molecule has 0 aromatic heterocycles. The number of hydrogen-bond acceptors (Lipinski definition) is 4. The van der Waals surface area contributed by atoms with Gasteiger partial charge in [0.1, 0.15) is 0 Å². The summed E-state index contributed by atoms with van der Waals surface area (Å²) in [5.41, 5.74) is 0.780. The van der Waals surface area contributed by atoms with Crippen LogP contribution in [0.1, 0.15) is 45.6 Å². The largest absolute Gasteiger partial charge is 0.493 e. The average molecular weight is 337 g/mol. The standard InChI is InChI=1S/C19H31NO4/c1-13(2)8-7-9-14(3)20-17(21)12-15-10-11-16(22-4)19(24-6)18(15)23-5/h10-11,13-14H,7-9,12H2,1-6H3,(H,20,21). The van der Waals surface area contributed by atoms with E-state index in [1.165, 1.54) is 6.42 Å². The molecule has 0 saturated heterocycles. The SMILES string of the molecule is COc1ccc(CC(=O)NC(C)CCCC(C)C)c(OC)c1OC. The maximum atomic E-state index is 12.3. The van der Waals surface area contributed by atoms with Gasteiger partial charge in [-0.05, 0) is 25.3 Å². The predicted octanol–water partition coefficient (Wildman–Crippen LogP) is 3.59. The van der Waals surface area contributed by atoms with Gasteiger partial charge in [0, 0.05) is 11.6 Å². The highest BCUT2D eigenvalue weighted by Gasteiger charge is 2.18. The molecule has 1 N–H and O–H groups in total. The molecule has 0 aliphatic carbocycles. The van der Waals surface area contributed by atoms with E-state index in [2.05, 4.69) is 19.2 Å². The number of carbonyl (C=O) groups excluding carboxylic acids is 1. The fourth-order valence-electron chi connectivity index (χ4n) is 2.71. The first-order valence-electron chi connectivity index (χ1n) is 8.50. The lowest BCUT2D eigenvalue weighted by Gasteiger charge is -2.17. The molecule has 1 aromatic carbocycles. The van der Waals surface area contributed by atoms with Gasteiger partial charge in [0.15, 0.2) is 11.5 Å². The van der Waals surface area contributed by atoms with Crippen molar-refractivity contribution in [3.63, 3.8) is 0 Å². The van der Waals surface area contributed by atoms with Crippen LogP contribution in [0.5, 0.6) is 17.2 Å². The summed E-state index contributed by atoms with van der Waals surface area (Å²) >= 11 is 0. The van der Waals surface area contributed by atoms with E-state index in [4.69, 9.17) is 14.2 Å². The first-order valence-corrected chi connectivity index (χ1v) is 8.50. The van der Waals surface area contributed by atoms with Gasteiger partial charge >= 0.3 is 0 Å². The van der Waals surface area contributed by atoms with E-state index < -0.39 is 0 Å². The van der Waals surface area contributed by atoms with Crippen molar-refractivity contribution in [3.8, 4) is 17.2 Å².